The lowest BCUT2D eigenvalue weighted by Crippen LogP contribution is -2.45. The molecule has 0 aromatic carbocycles. The minimum absolute atomic E-state index is 0.0388. The zero-order valence-corrected chi connectivity index (χ0v) is 6.73. The molecule has 1 N–H and O–H groups in total. The maximum absolute atomic E-state index is 11.2. The number of nitrogens with zero attached hydrogens (tertiary/aromatic N) is 2. The van der Waals surface area contributed by atoms with Crippen LogP contribution in [0.2, 0.25) is 0 Å². The van der Waals surface area contributed by atoms with Crippen molar-refractivity contribution < 1.29 is 0 Å². The maximum Gasteiger partial charge on any atom is 0.253 e. The van der Waals surface area contributed by atoms with Crippen LogP contribution in [0, 0.1) is 5.92 Å². The predicted octanol–water partition coefficient (Wildman–Crippen LogP) is -0.537. The molecule has 0 atom stereocenters. The fraction of sp³-hybridized carbons (Fsp3) is 0.500. The average molecular weight is 165 g/mol. The molecule has 2 heterocycles. The van der Waals surface area contributed by atoms with E-state index in [1.807, 2.05) is 0 Å². The molecule has 1 aliphatic heterocycles. The molecule has 0 amide bonds. The Morgan fingerprint density at radius 3 is 3.08 bits per heavy atom. The van der Waals surface area contributed by atoms with Gasteiger partial charge < -0.3 is 5.32 Å². The number of rotatable bonds is 2. The highest BCUT2D eigenvalue weighted by Crippen LogP contribution is 2.03. The van der Waals surface area contributed by atoms with Gasteiger partial charge in [0.15, 0.2) is 0 Å². The molecule has 64 valence electrons. The minimum Gasteiger partial charge on any atom is -0.316 e. The van der Waals surface area contributed by atoms with Gasteiger partial charge in [-0.05, 0) is 0 Å². The second kappa shape index (κ2) is 3.06. The third-order valence-corrected chi connectivity index (χ3v) is 2.11. The van der Waals surface area contributed by atoms with Gasteiger partial charge in [0.2, 0.25) is 0 Å². The lowest BCUT2D eigenvalue weighted by molar-refractivity contribution is 0.302. The molecule has 1 aliphatic rings. The average Bonchev–Trinajstić information content (AvgIpc) is 2.00. The molecule has 0 radical (unpaired) electrons. The molecular weight excluding hydrogens is 154 g/mol. The summed E-state index contributed by atoms with van der Waals surface area (Å²) in [5, 5.41) is 3.17. The Hall–Kier alpha value is -1.16. The van der Waals surface area contributed by atoms with E-state index < -0.39 is 0 Å². The minimum atomic E-state index is 0.0388. The van der Waals surface area contributed by atoms with Crippen molar-refractivity contribution in [3.63, 3.8) is 0 Å². The third kappa shape index (κ3) is 1.38. The Kier molecular flexibility index (Phi) is 1.91. The van der Waals surface area contributed by atoms with Crippen LogP contribution in [0.3, 0.4) is 0 Å². The normalized spacial score (nSPS) is 17.3. The van der Waals surface area contributed by atoms with E-state index in [1.165, 1.54) is 12.3 Å². The van der Waals surface area contributed by atoms with Crippen molar-refractivity contribution in [3.8, 4) is 0 Å². The topological polar surface area (TPSA) is 46.9 Å². The highest BCUT2D eigenvalue weighted by atomic mass is 16.1. The Bertz CT molecular complexity index is 316. The fourth-order valence-electron chi connectivity index (χ4n) is 1.27. The molecule has 4 heteroatoms. The lowest BCUT2D eigenvalue weighted by atomic mass is 10.0. The highest BCUT2D eigenvalue weighted by molar-refractivity contribution is 4.84. The van der Waals surface area contributed by atoms with Crippen LogP contribution >= 0.6 is 0 Å². The molecular formula is C8H11N3O. The van der Waals surface area contributed by atoms with E-state index >= 15 is 0 Å². The molecule has 0 aliphatic carbocycles. The van der Waals surface area contributed by atoms with E-state index in [2.05, 4.69) is 10.3 Å². The van der Waals surface area contributed by atoms with Crippen LogP contribution in [0.1, 0.15) is 0 Å². The lowest BCUT2D eigenvalue weighted by Gasteiger charge is -2.27. The molecule has 1 aromatic heterocycles. The standard InChI is InChI=1S/C8H11N3O/c12-8-1-2-9-6-11(8)5-7-3-10-4-7/h1-2,6-7,10H,3-5H2. The summed E-state index contributed by atoms with van der Waals surface area (Å²) in [6, 6.07) is 1.49. The first-order chi connectivity index (χ1) is 5.86. The van der Waals surface area contributed by atoms with Gasteiger partial charge in [0, 0.05) is 37.8 Å². The van der Waals surface area contributed by atoms with Gasteiger partial charge in [0.1, 0.15) is 0 Å². The summed E-state index contributed by atoms with van der Waals surface area (Å²) in [6.45, 7) is 2.82. The molecule has 1 saturated heterocycles. The number of nitrogens with one attached hydrogen (secondary N) is 1. The van der Waals surface area contributed by atoms with Gasteiger partial charge >= 0.3 is 0 Å². The van der Waals surface area contributed by atoms with Gasteiger partial charge in [-0.2, -0.15) is 0 Å². The third-order valence-electron chi connectivity index (χ3n) is 2.11. The van der Waals surface area contributed by atoms with E-state index in [-0.39, 0.29) is 5.56 Å². The van der Waals surface area contributed by atoms with Gasteiger partial charge in [-0.15, -0.1) is 0 Å². The first-order valence-electron chi connectivity index (χ1n) is 4.07. The first-order valence-corrected chi connectivity index (χ1v) is 4.07. The summed E-state index contributed by atoms with van der Waals surface area (Å²) < 4.78 is 1.66. The van der Waals surface area contributed by atoms with Crippen molar-refractivity contribution in [2.24, 2.45) is 5.92 Å². The van der Waals surface area contributed by atoms with Gasteiger partial charge in [-0.3, -0.25) is 9.36 Å². The summed E-state index contributed by atoms with van der Waals surface area (Å²) in [7, 11) is 0. The van der Waals surface area contributed by atoms with Crippen molar-refractivity contribution in [2.75, 3.05) is 13.1 Å². The zero-order chi connectivity index (χ0) is 8.39. The van der Waals surface area contributed by atoms with Crippen LogP contribution in [0.15, 0.2) is 23.4 Å². The van der Waals surface area contributed by atoms with Crippen molar-refractivity contribution >= 4 is 0 Å². The monoisotopic (exact) mass is 165 g/mol. The molecule has 1 fully saturated rings. The van der Waals surface area contributed by atoms with Gasteiger partial charge in [-0.25, -0.2) is 4.98 Å². The molecule has 0 saturated carbocycles. The largest absolute Gasteiger partial charge is 0.316 e. The quantitative estimate of drug-likeness (QED) is 0.640. The Morgan fingerprint density at radius 2 is 2.50 bits per heavy atom. The van der Waals surface area contributed by atoms with Crippen molar-refractivity contribution in [2.45, 2.75) is 6.54 Å². The summed E-state index contributed by atoms with van der Waals surface area (Å²) >= 11 is 0. The van der Waals surface area contributed by atoms with Crippen molar-refractivity contribution in [1.29, 1.82) is 0 Å². The van der Waals surface area contributed by atoms with E-state index in [4.69, 9.17) is 0 Å². The molecule has 4 nitrogen and oxygen atoms in total. The van der Waals surface area contributed by atoms with E-state index in [9.17, 15) is 4.79 Å². The van der Waals surface area contributed by atoms with Crippen LogP contribution in [0.25, 0.3) is 0 Å². The first kappa shape index (κ1) is 7.49. The zero-order valence-electron chi connectivity index (χ0n) is 6.73. The maximum atomic E-state index is 11.2. The van der Waals surface area contributed by atoms with E-state index in [1.54, 1.807) is 10.9 Å². The van der Waals surface area contributed by atoms with Crippen molar-refractivity contribution in [1.82, 2.24) is 14.9 Å². The number of aromatic nitrogens is 2. The van der Waals surface area contributed by atoms with Crippen LogP contribution in [0.4, 0.5) is 0 Å². The van der Waals surface area contributed by atoms with Crippen LogP contribution in [-0.2, 0) is 6.54 Å². The Morgan fingerprint density at radius 1 is 1.67 bits per heavy atom. The molecule has 1 aromatic rings. The van der Waals surface area contributed by atoms with E-state index in [0.717, 1.165) is 19.6 Å². The Balaban J connectivity index is 2.11. The van der Waals surface area contributed by atoms with Crippen LogP contribution in [-0.4, -0.2) is 22.6 Å². The van der Waals surface area contributed by atoms with Gasteiger partial charge in [-0.1, -0.05) is 0 Å². The summed E-state index contributed by atoms with van der Waals surface area (Å²) in [6.07, 6.45) is 3.12. The Labute approximate surface area is 70.2 Å². The molecule has 0 bridgehead atoms. The second-order valence-corrected chi connectivity index (χ2v) is 3.10. The van der Waals surface area contributed by atoms with Gasteiger partial charge in [0.05, 0.1) is 6.33 Å². The second-order valence-electron chi connectivity index (χ2n) is 3.10. The fourth-order valence-corrected chi connectivity index (χ4v) is 1.27. The summed E-state index contributed by atoms with van der Waals surface area (Å²) in [5.74, 6) is 0.604. The van der Waals surface area contributed by atoms with Crippen molar-refractivity contribution in [3.05, 3.63) is 28.9 Å². The molecule has 0 unspecified atom stereocenters. The molecule has 0 spiro atoms. The predicted molar refractivity (Wildman–Crippen MR) is 44.9 cm³/mol. The molecule has 12 heavy (non-hydrogen) atoms. The molecule has 2 rings (SSSR count). The smallest absolute Gasteiger partial charge is 0.253 e. The number of hydrogen-bond acceptors (Lipinski definition) is 3. The van der Waals surface area contributed by atoms with Crippen LogP contribution in [0.5, 0.6) is 0 Å². The summed E-state index contributed by atoms with van der Waals surface area (Å²) in [4.78, 5) is 15.1. The van der Waals surface area contributed by atoms with E-state index in [0.29, 0.717) is 5.92 Å². The SMILES string of the molecule is O=c1ccncn1CC1CNC1. The summed E-state index contributed by atoms with van der Waals surface area (Å²) in [5.41, 5.74) is 0.0388. The van der Waals surface area contributed by atoms with Gasteiger partial charge in [0.25, 0.3) is 5.56 Å². The highest BCUT2D eigenvalue weighted by Gasteiger charge is 2.16. The van der Waals surface area contributed by atoms with Crippen LogP contribution < -0.4 is 10.9 Å². The number of hydrogen-bond donors (Lipinski definition) is 1.